The molecule has 0 fully saturated rings. The second-order valence-electron chi connectivity index (χ2n) is 7.00. The standard InChI is InChI=1S/C18H20N6O/c1-18(2,3)24-17-14(16(19)21-9-22-17)15(23-24)12-8-20-13-6-5-10(25-4)7-11(12)13/h5-9,20H,1-4H3,(H2,19,21,22). The molecule has 128 valence electrons. The van der Waals surface area contributed by atoms with Gasteiger partial charge in [0.1, 0.15) is 23.6 Å². The van der Waals surface area contributed by atoms with Gasteiger partial charge >= 0.3 is 0 Å². The molecular formula is C18H20N6O. The zero-order valence-electron chi connectivity index (χ0n) is 14.7. The Morgan fingerprint density at radius 1 is 1.20 bits per heavy atom. The van der Waals surface area contributed by atoms with Crippen LogP contribution in [-0.4, -0.2) is 31.8 Å². The number of fused-ring (bicyclic) bond motifs is 2. The highest BCUT2D eigenvalue weighted by Gasteiger charge is 2.25. The van der Waals surface area contributed by atoms with Crippen molar-refractivity contribution in [2.24, 2.45) is 0 Å². The molecule has 0 unspecified atom stereocenters. The molecule has 7 nitrogen and oxygen atoms in total. The summed E-state index contributed by atoms with van der Waals surface area (Å²) in [4.78, 5) is 11.9. The van der Waals surface area contributed by atoms with Crippen LogP contribution in [0.2, 0.25) is 0 Å². The molecule has 0 spiro atoms. The van der Waals surface area contributed by atoms with Crippen LogP contribution >= 0.6 is 0 Å². The van der Waals surface area contributed by atoms with Crippen molar-refractivity contribution in [1.82, 2.24) is 24.7 Å². The molecule has 0 amide bonds. The van der Waals surface area contributed by atoms with Crippen LogP contribution in [-0.2, 0) is 5.54 Å². The lowest BCUT2D eigenvalue weighted by atomic mass is 10.1. The number of ether oxygens (including phenoxy) is 1. The van der Waals surface area contributed by atoms with Gasteiger partial charge in [-0.05, 0) is 39.0 Å². The minimum atomic E-state index is -0.235. The van der Waals surface area contributed by atoms with Crippen LogP contribution in [0, 0.1) is 0 Å². The zero-order valence-corrected chi connectivity index (χ0v) is 14.7. The lowest BCUT2D eigenvalue weighted by Crippen LogP contribution is -2.23. The molecule has 4 rings (SSSR count). The molecule has 0 saturated heterocycles. The van der Waals surface area contributed by atoms with Crippen molar-refractivity contribution in [2.75, 3.05) is 12.8 Å². The summed E-state index contributed by atoms with van der Waals surface area (Å²) in [5.74, 6) is 1.21. The smallest absolute Gasteiger partial charge is 0.164 e. The fourth-order valence-electron chi connectivity index (χ4n) is 3.05. The topological polar surface area (TPSA) is 94.6 Å². The van der Waals surface area contributed by atoms with E-state index in [9.17, 15) is 0 Å². The van der Waals surface area contributed by atoms with Gasteiger partial charge in [-0.25, -0.2) is 14.6 Å². The van der Waals surface area contributed by atoms with Gasteiger partial charge in [-0.15, -0.1) is 0 Å². The van der Waals surface area contributed by atoms with Gasteiger partial charge < -0.3 is 15.5 Å². The van der Waals surface area contributed by atoms with Crippen molar-refractivity contribution in [1.29, 1.82) is 0 Å². The van der Waals surface area contributed by atoms with Crippen LogP contribution in [0.5, 0.6) is 5.75 Å². The van der Waals surface area contributed by atoms with E-state index in [2.05, 4.69) is 35.7 Å². The average molecular weight is 336 g/mol. The summed E-state index contributed by atoms with van der Waals surface area (Å²) in [5, 5.41) is 6.62. The largest absolute Gasteiger partial charge is 0.497 e. The molecule has 3 heterocycles. The van der Waals surface area contributed by atoms with Gasteiger partial charge in [-0.1, -0.05) is 0 Å². The van der Waals surface area contributed by atoms with Gasteiger partial charge in [0, 0.05) is 22.7 Å². The van der Waals surface area contributed by atoms with E-state index in [1.807, 2.05) is 29.1 Å². The summed E-state index contributed by atoms with van der Waals surface area (Å²) in [6.45, 7) is 6.25. The number of aromatic nitrogens is 5. The number of nitrogens with two attached hydrogens (primary N) is 1. The predicted octanol–water partition coefficient (Wildman–Crippen LogP) is 3.32. The van der Waals surface area contributed by atoms with Crippen molar-refractivity contribution in [3.63, 3.8) is 0 Å². The minimum absolute atomic E-state index is 0.235. The van der Waals surface area contributed by atoms with Crippen LogP contribution in [0.15, 0.2) is 30.7 Å². The molecule has 0 aliphatic carbocycles. The summed E-state index contributed by atoms with van der Waals surface area (Å²) in [5.41, 5.74) is 9.39. The Bertz CT molecular complexity index is 1090. The van der Waals surface area contributed by atoms with Gasteiger partial charge in [0.2, 0.25) is 0 Å². The Hall–Kier alpha value is -3.09. The van der Waals surface area contributed by atoms with E-state index < -0.39 is 0 Å². The Balaban J connectivity index is 2.08. The molecule has 1 aromatic carbocycles. The second-order valence-corrected chi connectivity index (χ2v) is 7.00. The van der Waals surface area contributed by atoms with E-state index in [-0.39, 0.29) is 5.54 Å². The molecule has 0 radical (unpaired) electrons. The number of nitrogen functional groups attached to an aromatic ring is 1. The van der Waals surface area contributed by atoms with Gasteiger partial charge in [0.15, 0.2) is 5.65 Å². The van der Waals surface area contributed by atoms with Crippen LogP contribution in [0.1, 0.15) is 20.8 Å². The second kappa shape index (κ2) is 5.20. The van der Waals surface area contributed by atoms with Gasteiger partial charge in [-0.3, -0.25) is 0 Å². The van der Waals surface area contributed by atoms with E-state index in [1.54, 1.807) is 7.11 Å². The number of nitrogens with one attached hydrogen (secondary N) is 1. The number of aromatic amines is 1. The molecule has 0 aliphatic rings. The van der Waals surface area contributed by atoms with Gasteiger partial charge in [0.25, 0.3) is 0 Å². The highest BCUT2D eigenvalue weighted by molar-refractivity contribution is 6.05. The van der Waals surface area contributed by atoms with E-state index in [1.165, 1.54) is 6.33 Å². The SMILES string of the molecule is COc1ccc2[nH]cc(-c3nn(C(C)(C)C)c4ncnc(N)c34)c2c1. The maximum absolute atomic E-state index is 6.18. The van der Waals surface area contributed by atoms with E-state index in [4.69, 9.17) is 15.6 Å². The number of hydrogen-bond donors (Lipinski definition) is 2. The minimum Gasteiger partial charge on any atom is -0.497 e. The van der Waals surface area contributed by atoms with E-state index >= 15 is 0 Å². The fourth-order valence-corrected chi connectivity index (χ4v) is 3.05. The number of rotatable bonds is 2. The third kappa shape index (κ3) is 2.31. The van der Waals surface area contributed by atoms with Gasteiger partial charge in [0.05, 0.1) is 18.0 Å². The first kappa shape index (κ1) is 15.4. The monoisotopic (exact) mass is 336 g/mol. The third-order valence-electron chi connectivity index (χ3n) is 4.27. The first-order valence-corrected chi connectivity index (χ1v) is 8.05. The van der Waals surface area contributed by atoms with Gasteiger partial charge in [-0.2, -0.15) is 5.10 Å². The lowest BCUT2D eigenvalue weighted by molar-refractivity contribution is 0.367. The molecule has 3 N–H and O–H groups in total. The third-order valence-corrected chi connectivity index (χ3v) is 4.27. The number of benzene rings is 1. The van der Waals surface area contributed by atoms with Crippen LogP contribution in [0.4, 0.5) is 5.82 Å². The van der Waals surface area contributed by atoms with Crippen molar-refractivity contribution in [3.8, 4) is 17.0 Å². The summed E-state index contributed by atoms with van der Waals surface area (Å²) >= 11 is 0. The van der Waals surface area contributed by atoms with Crippen molar-refractivity contribution >= 4 is 27.8 Å². The number of anilines is 1. The maximum atomic E-state index is 6.18. The molecule has 3 aromatic heterocycles. The average Bonchev–Trinajstić information content (AvgIpc) is 3.15. The molecule has 0 bridgehead atoms. The quantitative estimate of drug-likeness (QED) is 0.585. The molecule has 7 heteroatoms. The van der Waals surface area contributed by atoms with E-state index in [0.29, 0.717) is 5.82 Å². The summed E-state index contributed by atoms with van der Waals surface area (Å²) < 4.78 is 7.26. The molecule has 0 atom stereocenters. The number of H-pyrrole nitrogens is 1. The summed E-state index contributed by atoms with van der Waals surface area (Å²) in [6.07, 6.45) is 3.41. The Morgan fingerprint density at radius 3 is 2.72 bits per heavy atom. The molecular weight excluding hydrogens is 316 g/mol. The lowest BCUT2D eigenvalue weighted by Gasteiger charge is -2.19. The van der Waals surface area contributed by atoms with Crippen molar-refractivity contribution in [2.45, 2.75) is 26.3 Å². The van der Waals surface area contributed by atoms with Crippen LogP contribution in [0.25, 0.3) is 33.2 Å². The fraction of sp³-hybridized carbons (Fsp3) is 0.278. The van der Waals surface area contributed by atoms with E-state index in [0.717, 1.165) is 38.9 Å². The van der Waals surface area contributed by atoms with Crippen LogP contribution < -0.4 is 10.5 Å². The Labute approximate surface area is 144 Å². The normalized spacial score (nSPS) is 12.2. The highest BCUT2D eigenvalue weighted by atomic mass is 16.5. The molecule has 25 heavy (non-hydrogen) atoms. The van der Waals surface area contributed by atoms with Crippen molar-refractivity contribution in [3.05, 3.63) is 30.7 Å². The van der Waals surface area contributed by atoms with Crippen molar-refractivity contribution < 1.29 is 4.74 Å². The zero-order chi connectivity index (χ0) is 17.8. The molecule has 4 aromatic rings. The number of nitrogens with zero attached hydrogens (tertiary/aromatic N) is 4. The number of hydrogen-bond acceptors (Lipinski definition) is 5. The Kier molecular flexibility index (Phi) is 3.21. The maximum Gasteiger partial charge on any atom is 0.164 e. The van der Waals surface area contributed by atoms with Crippen LogP contribution in [0.3, 0.4) is 0 Å². The molecule has 0 saturated carbocycles. The highest BCUT2D eigenvalue weighted by Crippen LogP contribution is 2.37. The number of methoxy groups -OCH3 is 1. The summed E-state index contributed by atoms with van der Waals surface area (Å²) in [6, 6.07) is 5.90. The molecule has 0 aliphatic heterocycles. The predicted molar refractivity (Wildman–Crippen MR) is 98.6 cm³/mol. The summed E-state index contributed by atoms with van der Waals surface area (Å²) in [7, 11) is 1.66. The first-order chi connectivity index (χ1) is 11.9. The Morgan fingerprint density at radius 2 is 2.00 bits per heavy atom. The first-order valence-electron chi connectivity index (χ1n) is 8.05.